The molecule has 2 N–H and O–H groups in total. The van der Waals surface area contributed by atoms with Crippen molar-refractivity contribution in [2.45, 2.75) is 6.42 Å². The van der Waals surface area contributed by atoms with Gasteiger partial charge in [-0.2, -0.15) is 0 Å². The third-order valence-corrected chi connectivity index (χ3v) is 2.33. The van der Waals surface area contributed by atoms with Crippen LogP contribution in [-0.4, -0.2) is 11.5 Å². The lowest BCUT2D eigenvalue weighted by Gasteiger charge is -1.83. The van der Waals surface area contributed by atoms with Crippen molar-refractivity contribution in [2.24, 2.45) is 5.73 Å². The molecule has 0 spiro atoms. The van der Waals surface area contributed by atoms with Gasteiger partial charge in [0.05, 0.1) is 4.92 Å². The molecular weight excluding hydrogens is 188 g/mol. The molecule has 0 aliphatic carbocycles. The molecule has 1 aromatic rings. The summed E-state index contributed by atoms with van der Waals surface area (Å²) < 4.78 is 0. The second kappa shape index (κ2) is 4.74. The predicted octanol–water partition coefficient (Wildman–Crippen LogP) is 2.02. The first kappa shape index (κ1) is 9.88. The van der Waals surface area contributed by atoms with E-state index in [0.29, 0.717) is 6.54 Å². The third kappa shape index (κ3) is 2.96. The van der Waals surface area contributed by atoms with Gasteiger partial charge in [0.1, 0.15) is 0 Å². The van der Waals surface area contributed by atoms with Crippen molar-refractivity contribution in [3.8, 4) is 0 Å². The summed E-state index contributed by atoms with van der Waals surface area (Å²) in [6, 6.07) is 1.55. The zero-order valence-corrected chi connectivity index (χ0v) is 7.79. The lowest BCUT2D eigenvalue weighted by molar-refractivity contribution is -0.380. The second-order valence-electron chi connectivity index (χ2n) is 2.46. The van der Waals surface area contributed by atoms with Crippen molar-refractivity contribution in [3.05, 3.63) is 33.2 Å². The van der Waals surface area contributed by atoms with Crippen LogP contribution in [0.15, 0.2) is 17.5 Å². The lowest BCUT2D eigenvalue weighted by atomic mass is 10.3. The van der Waals surface area contributed by atoms with E-state index in [1.165, 1.54) is 0 Å². The average Bonchev–Trinajstić information content (AvgIpc) is 2.53. The molecule has 0 amide bonds. The summed E-state index contributed by atoms with van der Waals surface area (Å²) in [5, 5.41) is 12.2. The number of hydrogen-bond donors (Lipinski definition) is 1. The summed E-state index contributed by atoms with van der Waals surface area (Å²) in [4.78, 5) is 9.93. The molecule has 1 aromatic heterocycles. The molecule has 0 saturated heterocycles. The monoisotopic (exact) mass is 198 g/mol. The number of nitrogens with zero attached hydrogens (tertiary/aromatic N) is 1. The largest absolute Gasteiger partial charge is 0.330 e. The van der Waals surface area contributed by atoms with Crippen molar-refractivity contribution < 1.29 is 4.92 Å². The fourth-order valence-corrected chi connectivity index (χ4v) is 1.53. The molecule has 13 heavy (non-hydrogen) atoms. The molecule has 0 aromatic carbocycles. The van der Waals surface area contributed by atoms with Crippen molar-refractivity contribution >= 4 is 22.4 Å². The van der Waals surface area contributed by atoms with Crippen LogP contribution in [0.5, 0.6) is 0 Å². The SMILES string of the molecule is NCCC=Cc1csc([N+](=O)[O-])c1. The molecule has 0 aliphatic rings. The Kier molecular flexibility index (Phi) is 3.60. The highest BCUT2D eigenvalue weighted by atomic mass is 32.1. The highest BCUT2D eigenvalue weighted by Crippen LogP contribution is 2.23. The first-order chi connectivity index (χ1) is 6.24. The van der Waals surface area contributed by atoms with Gasteiger partial charge in [-0.05, 0) is 18.5 Å². The zero-order chi connectivity index (χ0) is 9.68. The van der Waals surface area contributed by atoms with Crippen molar-refractivity contribution in [3.63, 3.8) is 0 Å². The first-order valence-electron chi connectivity index (χ1n) is 3.83. The van der Waals surface area contributed by atoms with Crippen molar-refractivity contribution in [2.75, 3.05) is 6.54 Å². The molecule has 0 bridgehead atoms. The Morgan fingerprint density at radius 2 is 2.46 bits per heavy atom. The van der Waals surface area contributed by atoms with Gasteiger partial charge in [0.25, 0.3) is 0 Å². The Balaban J connectivity index is 2.64. The summed E-state index contributed by atoms with van der Waals surface area (Å²) in [7, 11) is 0. The highest BCUT2D eigenvalue weighted by Gasteiger charge is 2.06. The number of hydrogen-bond acceptors (Lipinski definition) is 4. The second-order valence-corrected chi connectivity index (χ2v) is 3.34. The Morgan fingerprint density at radius 3 is 3.00 bits per heavy atom. The Morgan fingerprint density at radius 1 is 1.69 bits per heavy atom. The molecule has 70 valence electrons. The van der Waals surface area contributed by atoms with Gasteiger partial charge in [0.2, 0.25) is 0 Å². The minimum Gasteiger partial charge on any atom is -0.330 e. The summed E-state index contributed by atoms with van der Waals surface area (Å²) in [6.07, 6.45) is 4.55. The summed E-state index contributed by atoms with van der Waals surface area (Å²) in [5.41, 5.74) is 6.16. The Hall–Kier alpha value is -1.20. The fourth-order valence-electron chi connectivity index (χ4n) is 0.838. The van der Waals surface area contributed by atoms with Crippen LogP contribution in [0.4, 0.5) is 5.00 Å². The van der Waals surface area contributed by atoms with E-state index in [0.717, 1.165) is 23.3 Å². The topological polar surface area (TPSA) is 69.2 Å². The maximum atomic E-state index is 10.3. The molecule has 4 nitrogen and oxygen atoms in total. The third-order valence-electron chi connectivity index (χ3n) is 1.43. The van der Waals surface area contributed by atoms with Crippen LogP contribution in [-0.2, 0) is 0 Å². The van der Waals surface area contributed by atoms with Crippen LogP contribution in [0.25, 0.3) is 6.08 Å². The molecule has 0 fully saturated rings. The number of nitrogens with two attached hydrogens (primary N) is 1. The van der Waals surface area contributed by atoms with E-state index in [9.17, 15) is 10.1 Å². The van der Waals surface area contributed by atoms with E-state index in [-0.39, 0.29) is 9.92 Å². The average molecular weight is 198 g/mol. The van der Waals surface area contributed by atoms with E-state index in [4.69, 9.17) is 5.73 Å². The van der Waals surface area contributed by atoms with Gasteiger partial charge < -0.3 is 5.73 Å². The number of nitro groups is 1. The molecule has 5 heteroatoms. The van der Waals surface area contributed by atoms with Crippen LogP contribution in [0.1, 0.15) is 12.0 Å². The van der Waals surface area contributed by atoms with E-state index < -0.39 is 0 Å². The highest BCUT2D eigenvalue weighted by molar-refractivity contribution is 7.13. The lowest BCUT2D eigenvalue weighted by Crippen LogP contribution is -1.94. The summed E-state index contributed by atoms with van der Waals surface area (Å²) in [6.45, 7) is 0.600. The van der Waals surface area contributed by atoms with E-state index in [1.54, 1.807) is 11.4 Å². The summed E-state index contributed by atoms with van der Waals surface area (Å²) in [5.74, 6) is 0. The Labute approximate surface area is 79.8 Å². The molecule has 1 rings (SSSR count). The summed E-state index contributed by atoms with van der Waals surface area (Å²) >= 11 is 1.13. The molecule has 0 atom stereocenters. The minimum atomic E-state index is -0.384. The van der Waals surface area contributed by atoms with Crippen LogP contribution >= 0.6 is 11.3 Å². The maximum absolute atomic E-state index is 10.3. The van der Waals surface area contributed by atoms with Gasteiger partial charge >= 0.3 is 5.00 Å². The fraction of sp³-hybridized carbons (Fsp3) is 0.250. The normalized spacial score (nSPS) is 10.8. The quantitative estimate of drug-likeness (QED) is 0.594. The van der Waals surface area contributed by atoms with Gasteiger partial charge in [-0.25, -0.2) is 0 Å². The van der Waals surface area contributed by atoms with Crippen molar-refractivity contribution in [1.29, 1.82) is 0 Å². The Bertz CT molecular complexity index is 320. The minimum absolute atomic E-state index is 0.174. The van der Waals surface area contributed by atoms with Crippen LogP contribution < -0.4 is 5.73 Å². The van der Waals surface area contributed by atoms with Gasteiger partial charge in [-0.3, -0.25) is 10.1 Å². The van der Waals surface area contributed by atoms with Crippen LogP contribution in [0, 0.1) is 10.1 Å². The smallest absolute Gasteiger partial charge is 0.324 e. The van der Waals surface area contributed by atoms with E-state index >= 15 is 0 Å². The van der Waals surface area contributed by atoms with Gasteiger partial charge in [0.15, 0.2) is 0 Å². The number of thiophene rings is 1. The van der Waals surface area contributed by atoms with Gasteiger partial charge in [-0.15, -0.1) is 0 Å². The number of rotatable bonds is 4. The molecule has 0 unspecified atom stereocenters. The van der Waals surface area contributed by atoms with Crippen LogP contribution in [0.2, 0.25) is 0 Å². The standard InChI is InChI=1S/C8H10N2O2S/c9-4-2-1-3-7-5-8(10(11)12)13-6-7/h1,3,5-6H,2,4,9H2. The molecule has 0 aliphatic heterocycles. The van der Waals surface area contributed by atoms with Crippen molar-refractivity contribution in [1.82, 2.24) is 0 Å². The van der Waals surface area contributed by atoms with Gasteiger partial charge in [-0.1, -0.05) is 23.5 Å². The van der Waals surface area contributed by atoms with E-state index in [1.807, 2.05) is 12.2 Å². The molecule has 0 saturated carbocycles. The zero-order valence-electron chi connectivity index (χ0n) is 6.97. The predicted molar refractivity (Wildman–Crippen MR) is 53.7 cm³/mol. The van der Waals surface area contributed by atoms with E-state index in [2.05, 4.69) is 0 Å². The van der Waals surface area contributed by atoms with Crippen LogP contribution in [0.3, 0.4) is 0 Å². The van der Waals surface area contributed by atoms with Gasteiger partial charge in [0, 0.05) is 11.4 Å². The molecule has 1 heterocycles. The maximum Gasteiger partial charge on any atom is 0.324 e. The first-order valence-corrected chi connectivity index (χ1v) is 4.71. The molecule has 0 radical (unpaired) electrons. The molecular formula is C8H10N2O2S.